The zero-order valence-corrected chi connectivity index (χ0v) is 12.4. The molecule has 0 N–H and O–H groups in total. The number of benzene rings is 1. The summed E-state index contributed by atoms with van der Waals surface area (Å²) in [5, 5.41) is 0. The predicted octanol–water partition coefficient (Wildman–Crippen LogP) is 3.44. The van der Waals surface area contributed by atoms with Gasteiger partial charge >= 0.3 is 0 Å². The minimum absolute atomic E-state index is 0.0324. The van der Waals surface area contributed by atoms with Crippen LogP contribution in [0, 0.1) is 20.8 Å². The first kappa shape index (κ1) is 14.3. The van der Waals surface area contributed by atoms with Gasteiger partial charge in [0.15, 0.2) is 5.78 Å². The number of ketones is 1. The third-order valence-corrected chi connectivity index (χ3v) is 3.44. The standard InChI is InChI=1S/C17H19NO2/c1-11-8-12(2)15(13(3)9-11)10-16(19)14-6-5-7-18-17(14)20-4/h5-9H,10H2,1-4H3. The number of carbonyl (C=O) groups excluding carboxylic acids is 1. The highest BCUT2D eigenvalue weighted by atomic mass is 16.5. The number of rotatable bonds is 4. The zero-order chi connectivity index (χ0) is 14.7. The van der Waals surface area contributed by atoms with Gasteiger partial charge in [-0.2, -0.15) is 0 Å². The van der Waals surface area contributed by atoms with Crippen LogP contribution in [-0.2, 0) is 6.42 Å². The molecule has 0 amide bonds. The molecule has 0 aliphatic rings. The number of pyridine rings is 1. The van der Waals surface area contributed by atoms with E-state index in [9.17, 15) is 4.79 Å². The molecule has 3 nitrogen and oxygen atoms in total. The van der Waals surface area contributed by atoms with Gasteiger partial charge < -0.3 is 4.74 Å². The van der Waals surface area contributed by atoms with Gasteiger partial charge in [-0.05, 0) is 49.6 Å². The molecule has 0 aliphatic heterocycles. The van der Waals surface area contributed by atoms with Crippen molar-refractivity contribution in [1.82, 2.24) is 4.98 Å². The lowest BCUT2D eigenvalue weighted by atomic mass is 9.94. The van der Waals surface area contributed by atoms with Crippen molar-refractivity contribution in [3.8, 4) is 5.88 Å². The van der Waals surface area contributed by atoms with Gasteiger partial charge in [0.05, 0.1) is 12.7 Å². The lowest BCUT2D eigenvalue weighted by Crippen LogP contribution is -2.09. The fourth-order valence-corrected chi connectivity index (χ4v) is 2.51. The molecule has 2 rings (SSSR count). The zero-order valence-electron chi connectivity index (χ0n) is 12.4. The van der Waals surface area contributed by atoms with E-state index in [-0.39, 0.29) is 5.78 Å². The summed E-state index contributed by atoms with van der Waals surface area (Å²) in [6.07, 6.45) is 2.00. The molecule has 0 aliphatic carbocycles. The minimum Gasteiger partial charge on any atom is -0.480 e. The van der Waals surface area contributed by atoms with Crippen LogP contribution < -0.4 is 4.74 Å². The third kappa shape index (κ3) is 2.87. The normalized spacial score (nSPS) is 10.4. The van der Waals surface area contributed by atoms with E-state index in [1.807, 2.05) is 13.8 Å². The maximum absolute atomic E-state index is 12.5. The molecule has 20 heavy (non-hydrogen) atoms. The number of aryl methyl sites for hydroxylation is 3. The Morgan fingerprint density at radius 2 is 1.85 bits per heavy atom. The highest BCUT2D eigenvalue weighted by Gasteiger charge is 2.15. The first-order valence-corrected chi connectivity index (χ1v) is 6.62. The largest absolute Gasteiger partial charge is 0.480 e. The molecular weight excluding hydrogens is 250 g/mol. The highest BCUT2D eigenvalue weighted by molar-refractivity contribution is 5.99. The van der Waals surface area contributed by atoms with E-state index >= 15 is 0 Å². The van der Waals surface area contributed by atoms with Crippen LogP contribution in [0.3, 0.4) is 0 Å². The number of ether oxygens (including phenoxy) is 1. The van der Waals surface area contributed by atoms with Gasteiger partial charge in [-0.1, -0.05) is 17.7 Å². The Morgan fingerprint density at radius 3 is 2.45 bits per heavy atom. The Labute approximate surface area is 119 Å². The molecule has 1 aromatic carbocycles. The second kappa shape index (κ2) is 5.87. The molecule has 1 heterocycles. The first-order valence-electron chi connectivity index (χ1n) is 6.62. The van der Waals surface area contributed by atoms with Crippen molar-refractivity contribution in [2.75, 3.05) is 7.11 Å². The van der Waals surface area contributed by atoms with Gasteiger partial charge in [0, 0.05) is 12.6 Å². The Balaban J connectivity index is 2.33. The van der Waals surface area contributed by atoms with Gasteiger partial charge in [0.25, 0.3) is 0 Å². The van der Waals surface area contributed by atoms with E-state index in [0.29, 0.717) is 17.9 Å². The summed E-state index contributed by atoms with van der Waals surface area (Å²) in [7, 11) is 1.53. The molecule has 0 bridgehead atoms. The monoisotopic (exact) mass is 269 g/mol. The van der Waals surface area contributed by atoms with Gasteiger partial charge in [0.2, 0.25) is 5.88 Å². The maximum atomic E-state index is 12.5. The maximum Gasteiger partial charge on any atom is 0.224 e. The van der Waals surface area contributed by atoms with Crippen molar-refractivity contribution in [3.63, 3.8) is 0 Å². The fraction of sp³-hybridized carbons (Fsp3) is 0.294. The Bertz CT molecular complexity index is 624. The summed E-state index contributed by atoms with van der Waals surface area (Å²) in [4.78, 5) is 16.5. The van der Waals surface area contributed by atoms with Crippen LogP contribution >= 0.6 is 0 Å². The Kier molecular flexibility index (Phi) is 4.18. The molecule has 0 atom stereocenters. The first-order chi connectivity index (χ1) is 9.52. The second-order valence-electron chi connectivity index (χ2n) is 5.04. The summed E-state index contributed by atoms with van der Waals surface area (Å²) >= 11 is 0. The van der Waals surface area contributed by atoms with Gasteiger partial charge in [0.1, 0.15) is 0 Å². The number of nitrogens with zero attached hydrogens (tertiary/aromatic N) is 1. The van der Waals surface area contributed by atoms with Crippen molar-refractivity contribution in [2.45, 2.75) is 27.2 Å². The number of carbonyl (C=O) groups is 1. The molecular formula is C17H19NO2. The van der Waals surface area contributed by atoms with Crippen LogP contribution in [0.25, 0.3) is 0 Å². The predicted molar refractivity (Wildman–Crippen MR) is 79.5 cm³/mol. The number of Topliss-reactive ketones (excluding diaryl/α,β-unsaturated/α-hetero) is 1. The quantitative estimate of drug-likeness (QED) is 0.798. The second-order valence-corrected chi connectivity index (χ2v) is 5.04. The van der Waals surface area contributed by atoms with Crippen molar-refractivity contribution >= 4 is 5.78 Å². The van der Waals surface area contributed by atoms with E-state index in [1.54, 1.807) is 18.3 Å². The van der Waals surface area contributed by atoms with Gasteiger partial charge in [-0.15, -0.1) is 0 Å². The number of hydrogen-bond acceptors (Lipinski definition) is 3. The number of methoxy groups -OCH3 is 1. The summed E-state index contributed by atoms with van der Waals surface area (Å²) in [6, 6.07) is 7.73. The van der Waals surface area contributed by atoms with E-state index in [0.717, 1.165) is 16.7 Å². The van der Waals surface area contributed by atoms with E-state index in [1.165, 1.54) is 12.7 Å². The summed E-state index contributed by atoms with van der Waals surface area (Å²) < 4.78 is 5.15. The molecule has 2 aromatic rings. The van der Waals surface area contributed by atoms with Crippen LogP contribution in [0.1, 0.15) is 32.6 Å². The van der Waals surface area contributed by atoms with Crippen LogP contribution in [0.5, 0.6) is 5.88 Å². The average molecular weight is 269 g/mol. The average Bonchev–Trinajstić information content (AvgIpc) is 2.42. The fourth-order valence-electron chi connectivity index (χ4n) is 2.51. The molecule has 0 radical (unpaired) electrons. The SMILES string of the molecule is COc1ncccc1C(=O)Cc1c(C)cc(C)cc1C. The van der Waals surface area contributed by atoms with Crippen LogP contribution in [0.4, 0.5) is 0 Å². The van der Waals surface area contributed by atoms with Crippen LogP contribution in [0.15, 0.2) is 30.5 Å². The smallest absolute Gasteiger partial charge is 0.224 e. The summed E-state index contributed by atoms with van der Waals surface area (Å²) in [6.45, 7) is 6.15. The van der Waals surface area contributed by atoms with Gasteiger partial charge in [-0.3, -0.25) is 4.79 Å². The lowest BCUT2D eigenvalue weighted by molar-refractivity contribution is 0.0989. The topological polar surface area (TPSA) is 39.2 Å². The van der Waals surface area contributed by atoms with Gasteiger partial charge in [-0.25, -0.2) is 4.98 Å². The summed E-state index contributed by atoms with van der Waals surface area (Å²) in [5.74, 6) is 0.421. The molecule has 0 unspecified atom stereocenters. The van der Waals surface area contributed by atoms with Crippen LogP contribution in [-0.4, -0.2) is 17.9 Å². The lowest BCUT2D eigenvalue weighted by Gasteiger charge is -2.11. The molecule has 104 valence electrons. The third-order valence-electron chi connectivity index (χ3n) is 3.44. The Hall–Kier alpha value is -2.16. The molecule has 0 spiro atoms. The highest BCUT2D eigenvalue weighted by Crippen LogP contribution is 2.21. The molecule has 3 heteroatoms. The van der Waals surface area contributed by atoms with Crippen molar-refractivity contribution in [2.24, 2.45) is 0 Å². The van der Waals surface area contributed by atoms with Crippen LogP contribution in [0.2, 0.25) is 0 Å². The molecule has 0 fully saturated rings. The Morgan fingerprint density at radius 1 is 1.20 bits per heavy atom. The van der Waals surface area contributed by atoms with Crippen molar-refractivity contribution < 1.29 is 9.53 Å². The summed E-state index contributed by atoms with van der Waals surface area (Å²) in [5.41, 5.74) is 5.15. The number of aromatic nitrogens is 1. The molecule has 1 aromatic heterocycles. The van der Waals surface area contributed by atoms with Crippen molar-refractivity contribution in [1.29, 1.82) is 0 Å². The number of hydrogen-bond donors (Lipinski definition) is 0. The molecule has 0 saturated carbocycles. The van der Waals surface area contributed by atoms with E-state index in [4.69, 9.17) is 4.74 Å². The van der Waals surface area contributed by atoms with Crippen molar-refractivity contribution in [3.05, 3.63) is 58.3 Å². The minimum atomic E-state index is 0.0324. The van der Waals surface area contributed by atoms with E-state index < -0.39 is 0 Å². The van der Waals surface area contributed by atoms with E-state index in [2.05, 4.69) is 24.0 Å². The molecule has 0 saturated heterocycles.